The molecule has 0 saturated carbocycles. The van der Waals surface area contributed by atoms with Crippen LogP contribution in [0.3, 0.4) is 0 Å². The fourth-order valence-corrected chi connectivity index (χ4v) is 3.59. The number of hydrogen-bond acceptors (Lipinski definition) is 2. The van der Waals surface area contributed by atoms with E-state index in [4.69, 9.17) is 0 Å². The number of nitrogens with zero attached hydrogens (tertiary/aromatic N) is 1. The lowest BCUT2D eigenvalue weighted by molar-refractivity contribution is -0.121. The molecule has 1 aliphatic rings. The summed E-state index contributed by atoms with van der Waals surface area (Å²) in [5.41, 5.74) is 4.25. The van der Waals surface area contributed by atoms with Gasteiger partial charge in [0, 0.05) is 5.69 Å². The summed E-state index contributed by atoms with van der Waals surface area (Å²) in [6.45, 7) is 6.07. The van der Waals surface area contributed by atoms with E-state index in [1.165, 1.54) is 25.7 Å². The molecule has 2 aromatic rings. The average Bonchev–Trinajstić information content (AvgIpc) is 2.89. The molecule has 0 spiro atoms. The fourth-order valence-electron chi connectivity index (χ4n) is 3.59. The quantitative estimate of drug-likeness (QED) is 0.865. The second-order valence-corrected chi connectivity index (χ2v) is 7.07. The van der Waals surface area contributed by atoms with E-state index >= 15 is 0 Å². The zero-order valence-electron chi connectivity index (χ0n) is 15.3. The van der Waals surface area contributed by atoms with Crippen molar-refractivity contribution in [3.05, 3.63) is 65.2 Å². The Balaban J connectivity index is 1.87. The van der Waals surface area contributed by atoms with Gasteiger partial charge in [-0.05, 0) is 62.5 Å². The van der Waals surface area contributed by atoms with Crippen LogP contribution in [0.25, 0.3) is 0 Å². The van der Waals surface area contributed by atoms with E-state index in [1.54, 1.807) is 0 Å². The van der Waals surface area contributed by atoms with Crippen molar-refractivity contribution in [3.63, 3.8) is 0 Å². The molecule has 0 aliphatic carbocycles. The van der Waals surface area contributed by atoms with E-state index in [-0.39, 0.29) is 11.9 Å². The number of anilines is 1. The SMILES string of the molecule is Cc1ccc(C)c(NC(=O)C(c2ccccc2)N2CCCCCC2)c1. The predicted molar refractivity (Wildman–Crippen MR) is 104 cm³/mol. The molecule has 0 radical (unpaired) electrons. The Morgan fingerprint density at radius 1 is 0.960 bits per heavy atom. The van der Waals surface area contributed by atoms with Crippen molar-refractivity contribution < 1.29 is 4.79 Å². The maximum Gasteiger partial charge on any atom is 0.246 e. The van der Waals surface area contributed by atoms with Gasteiger partial charge >= 0.3 is 0 Å². The smallest absolute Gasteiger partial charge is 0.246 e. The molecule has 3 heteroatoms. The number of amides is 1. The van der Waals surface area contributed by atoms with Crippen LogP contribution in [0.1, 0.15) is 48.4 Å². The first-order valence-electron chi connectivity index (χ1n) is 9.32. The zero-order valence-corrected chi connectivity index (χ0v) is 15.3. The number of rotatable bonds is 4. The van der Waals surface area contributed by atoms with Gasteiger partial charge in [0.2, 0.25) is 5.91 Å². The highest BCUT2D eigenvalue weighted by Gasteiger charge is 2.28. The maximum absolute atomic E-state index is 13.2. The summed E-state index contributed by atoms with van der Waals surface area (Å²) in [4.78, 5) is 15.6. The standard InChI is InChI=1S/C22H28N2O/c1-17-12-13-18(2)20(16-17)23-22(25)21(19-10-6-5-7-11-19)24-14-8-3-4-9-15-24/h5-7,10-13,16,21H,3-4,8-9,14-15H2,1-2H3,(H,23,25). The molecule has 3 rings (SSSR count). The van der Waals surface area contributed by atoms with Crippen LogP contribution in [0.2, 0.25) is 0 Å². The number of nitrogens with one attached hydrogen (secondary N) is 1. The number of hydrogen-bond donors (Lipinski definition) is 1. The highest BCUT2D eigenvalue weighted by molar-refractivity contribution is 5.96. The summed E-state index contributed by atoms with van der Waals surface area (Å²) in [7, 11) is 0. The van der Waals surface area contributed by atoms with Gasteiger partial charge in [-0.1, -0.05) is 55.3 Å². The molecule has 25 heavy (non-hydrogen) atoms. The largest absolute Gasteiger partial charge is 0.324 e. The minimum absolute atomic E-state index is 0.0711. The Labute approximate surface area is 151 Å². The third kappa shape index (κ3) is 4.49. The molecule has 0 bridgehead atoms. The normalized spacial score (nSPS) is 16.9. The van der Waals surface area contributed by atoms with Gasteiger partial charge in [0.1, 0.15) is 6.04 Å². The van der Waals surface area contributed by atoms with Crippen molar-refractivity contribution in [1.82, 2.24) is 4.90 Å². The molecule has 2 aromatic carbocycles. The molecule has 1 saturated heterocycles. The van der Waals surface area contributed by atoms with Crippen LogP contribution in [-0.4, -0.2) is 23.9 Å². The summed E-state index contributed by atoms with van der Waals surface area (Å²) >= 11 is 0. The van der Waals surface area contributed by atoms with Crippen molar-refractivity contribution in [1.29, 1.82) is 0 Å². The van der Waals surface area contributed by atoms with E-state index < -0.39 is 0 Å². The van der Waals surface area contributed by atoms with E-state index in [1.807, 2.05) is 25.1 Å². The van der Waals surface area contributed by atoms with Crippen LogP contribution < -0.4 is 5.32 Å². The van der Waals surface area contributed by atoms with Crippen LogP contribution in [-0.2, 0) is 4.79 Å². The second kappa shape index (κ2) is 8.30. The van der Waals surface area contributed by atoms with E-state index in [0.29, 0.717) is 0 Å². The molecule has 1 N–H and O–H groups in total. The first-order valence-corrected chi connectivity index (χ1v) is 9.32. The van der Waals surface area contributed by atoms with Gasteiger partial charge in [0.15, 0.2) is 0 Å². The van der Waals surface area contributed by atoms with Gasteiger partial charge in [0.25, 0.3) is 0 Å². The minimum atomic E-state index is -0.223. The first-order chi connectivity index (χ1) is 12.1. The maximum atomic E-state index is 13.2. The zero-order chi connectivity index (χ0) is 17.6. The summed E-state index contributed by atoms with van der Waals surface area (Å²) in [6.07, 6.45) is 4.85. The average molecular weight is 336 g/mol. The van der Waals surface area contributed by atoms with Crippen molar-refractivity contribution >= 4 is 11.6 Å². The van der Waals surface area contributed by atoms with Crippen LogP contribution in [0.5, 0.6) is 0 Å². The number of carbonyl (C=O) groups excluding carboxylic acids is 1. The molecule has 1 fully saturated rings. The van der Waals surface area contributed by atoms with Crippen molar-refractivity contribution in [2.75, 3.05) is 18.4 Å². The van der Waals surface area contributed by atoms with Crippen LogP contribution in [0.4, 0.5) is 5.69 Å². The van der Waals surface area contributed by atoms with Crippen LogP contribution in [0.15, 0.2) is 48.5 Å². The molecule has 3 nitrogen and oxygen atoms in total. The van der Waals surface area contributed by atoms with Gasteiger partial charge in [-0.15, -0.1) is 0 Å². The lowest BCUT2D eigenvalue weighted by Crippen LogP contribution is -2.38. The lowest BCUT2D eigenvalue weighted by Gasteiger charge is -2.30. The highest BCUT2D eigenvalue weighted by Crippen LogP contribution is 2.27. The van der Waals surface area contributed by atoms with E-state index in [9.17, 15) is 4.79 Å². The number of carbonyl (C=O) groups is 1. The number of aryl methyl sites for hydroxylation is 2. The number of benzene rings is 2. The third-order valence-electron chi connectivity index (χ3n) is 5.02. The fraction of sp³-hybridized carbons (Fsp3) is 0.409. The van der Waals surface area contributed by atoms with Gasteiger partial charge < -0.3 is 5.32 Å². The van der Waals surface area contributed by atoms with E-state index in [2.05, 4.69) is 47.5 Å². The Hall–Kier alpha value is -2.13. The Morgan fingerprint density at radius 2 is 1.64 bits per heavy atom. The summed E-state index contributed by atoms with van der Waals surface area (Å²) < 4.78 is 0. The molecular formula is C22H28N2O. The molecular weight excluding hydrogens is 308 g/mol. The van der Waals surface area contributed by atoms with Gasteiger partial charge in [-0.25, -0.2) is 0 Å². The second-order valence-electron chi connectivity index (χ2n) is 7.07. The summed E-state index contributed by atoms with van der Waals surface area (Å²) in [5.74, 6) is 0.0711. The summed E-state index contributed by atoms with van der Waals surface area (Å²) in [6, 6.07) is 16.2. The van der Waals surface area contributed by atoms with Gasteiger partial charge in [0.05, 0.1) is 0 Å². The molecule has 1 unspecified atom stereocenters. The monoisotopic (exact) mass is 336 g/mol. The molecule has 1 heterocycles. The van der Waals surface area contributed by atoms with Gasteiger partial charge in [-0.2, -0.15) is 0 Å². The highest BCUT2D eigenvalue weighted by atomic mass is 16.2. The van der Waals surface area contributed by atoms with E-state index in [0.717, 1.165) is 35.5 Å². The molecule has 0 aromatic heterocycles. The Kier molecular flexibility index (Phi) is 5.87. The van der Waals surface area contributed by atoms with Crippen molar-refractivity contribution in [2.24, 2.45) is 0 Å². The predicted octanol–water partition coefficient (Wildman–Crippen LogP) is 4.86. The topological polar surface area (TPSA) is 32.3 Å². The number of likely N-dealkylation sites (tertiary alicyclic amines) is 1. The molecule has 1 aliphatic heterocycles. The molecule has 1 atom stereocenters. The van der Waals surface area contributed by atoms with Gasteiger partial charge in [-0.3, -0.25) is 9.69 Å². The first kappa shape index (κ1) is 17.7. The minimum Gasteiger partial charge on any atom is -0.324 e. The Bertz CT molecular complexity index is 703. The Morgan fingerprint density at radius 3 is 2.32 bits per heavy atom. The van der Waals surface area contributed by atoms with Crippen LogP contribution in [0, 0.1) is 13.8 Å². The summed E-state index contributed by atoms with van der Waals surface area (Å²) in [5, 5.41) is 3.19. The molecule has 1 amide bonds. The van der Waals surface area contributed by atoms with Crippen molar-refractivity contribution in [3.8, 4) is 0 Å². The lowest BCUT2D eigenvalue weighted by atomic mass is 10.0. The third-order valence-corrected chi connectivity index (χ3v) is 5.02. The molecule has 132 valence electrons. The van der Waals surface area contributed by atoms with Crippen molar-refractivity contribution in [2.45, 2.75) is 45.6 Å². The van der Waals surface area contributed by atoms with Crippen LogP contribution >= 0.6 is 0 Å².